The molecule has 0 saturated heterocycles. The lowest BCUT2D eigenvalue weighted by Gasteiger charge is -2.24. The highest BCUT2D eigenvalue weighted by Gasteiger charge is 2.25. The third-order valence-electron chi connectivity index (χ3n) is 4.93. The molecule has 0 bridgehead atoms. The molecule has 1 aliphatic carbocycles. The molecule has 4 nitrogen and oxygen atoms in total. The van der Waals surface area contributed by atoms with Gasteiger partial charge in [-0.15, -0.1) is 0 Å². The van der Waals surface area contributed by atoms with Crippen LogP contribution < -0.4 is 0 Å². The Morgan fingerprint density at radius 2 is 1.88 bits per heavy atom. The van der Waals surface area contributed by atoms with E-state index in [1.54, 1.807) is 6.07 Å². The van der Waals surface area contributed by atoms with Crippen molar-refractivity contribution in [2.45, 2.75) is 32.5 Å². The van der Waals surface area contributed by atoms with Crippen molar-refractivity contribution in [2.24, 2.45) is 11.8 Å². The smallest absolute Gasteiger partial charge is 0.159 e. The largest absolute Gasteiger partial charge is 0.381 e. The van der Waals surface area contributed by atoms with Gasteiger partial charge in [0.2, 0.25) is 0 Å². The number of rotatable bonds is 6. The maximum Gasteiger partial charge on any atom is 0.159 e. The normalized spacial score (nSPS) is 21.1. The molecule has 0 spiro atoms. The molecule has 25 heavy (non-hydrogen) atoms. The molecule has 0 amide bonds. The van der Waals surface area contributed by atoms with Gasteiger partial charge in [0.25, 0.3) is 0 Å². The lowest BCUT2D eigenvalue weighted by Crippen LogP contribution is -2.30. The Bertz CT molecular complexity index is 729. The standard InChI is InChI=1S/C19H23F2N3O/c20-18-4-3-15(7-19(18)21)8-23-9-16(13-25-12-14-1-2-14)10-24-17(11-23)5-6-22-24/h3-7,14,16H,1-2,8-13H2. The quantitative estimate of drug-likeness (QED) is 0.804. The number of ether oxygens (including phenoxy) is 1. The van der Waals surface area contributed by atoms with Gasteiger partial charge in [0.15, 0.2) is 11.6 Å². The van der Waals surface area contributed by atoms with Crippen molar-refractivity contribution in [3.63, 3.8) is 0 Å². The summed E-state index contributed by atoms with van der Waals surface area (Å²) in [6.45, 7) is 4.59. The van der Waals surface area contributed by atoms with Gasteiger partial charge < -0.3 is 4.74 Å². The molecular formula is C19H23F2N3O. The SMILES string of the molecule is Fc1ccc(CN2Cc3ccnn3CC(COCC3CC3)C2)cc1F. The Balaban J connectivity index is 1.44. The second kappa shape index (κ2) is 7.22. The minimum absolute atomic E-state index is 0.338. The zero-order valence-corrected chi connectivity index (χ0v) is 14.2. The van der Waals surface area contributed by atoms with Crippen LogP contribution in [0.25, 0.3) is 0 Å². The van der Waals surface area contributed by atoms with Gasteiger partial charge in [0.1, 0.15) is 0 Å². The molecule has 6 heteroatoms. The van der Waals surface area contributed by atoms with Crippen molar-refractivity contribution in [1.82, 2.24) is 14.7 Å². The molecule has 0 N–H and O–H groups in total. The molecule has 1 unspecified atom stereocenters. The lowest BCUT2D eigenvalue weighted by molar-refractivity contribution is 0.0696. The molecule has 1 aromatic carbocycles. The molecule has 1 aliphatic heterocycles. The van der Waals surface area contributed by atoms with Crippen LogP contribution in [0.15, 0.2) is 30.5 Å². The summed E-state index contributed by atoms with van der Waals surface area (Å²) in [6, 6.07) is 6.16. The predicted molar refractivity (Wildman–Crippen MR) is 89.7 cm³/mol. The molecule has 1 saturated carbocycles. The Kier molecular flexibility index (Phi) is 4.81. The number of halogens is 2. The third kappa shape index (κ3) is 4.25. The van der Waals surface area contributed by atoms with E-state index in [0.717, 1.165) is 43.4 Å². The van der Waals surface area contributed by atoms with E-state index in [1.807, 2.05) is 16.9 Å². The van der Waals surface area contributed by atoms with Crippen molar-refractivity contribution in [2.75, 3.05) is 19.8 Å². The predicted octanol–water partition coefficient (Wildman–Crippen LogP) is 3.22. The average Bonchev–Trinajstić information content (AvgIpc) is 3.34. The molecular weight excluding hydrogens is 324 g/mol. The van der Waals surface area contributed by atoms with E-state index >= 15 is 0 Å². The van der Waals surface area contributed by atoms with Crippen LogP contribution in [0, 0.1) is 23.5 Å². The van der Waals surface area contributed by atoms with E-state index in [9.17, 15) is 8.78 Å². The lowest BCUT2D eigenvalue weighted by atomic mass is 10.1. The summed E-state index contributed by atoms with van der Waals surface area (Å²) in [5.74, 6) is -0.500. The summed E-state index contributed by atoms with van der Waals surface area (Å²) >= 11 is 0. The van der Waals surface area contributed by atoms with E-state index in [4.69, 9.17) is 4.74 Å². The van der Waals surface area contributed by atoms with Crippen LogP contribution in [-0.2, 0) is 24.4 Å². The molecule has 2 aliphatic rings. The number of nitrogens with zero attached hydrogens (tertiary/aromatic N) is 3. The second-order valence-electron chi connectivity index (χ2n) is 7.27. The van der Waals surface area contributed by atoms with Crippen LogP contribution in [0.2, 0.25) is 0 Å². The molecule has 134 valence electrons. The average molecular weight is 347 g/mol. The first-order chi connectivity index (χ1) is 12.2. The van der Waals surface area contributed by atoms with E-state index in [0.29, 0.717) is 19.1 Å². The number of fused-ring (bicyclic) bond motifs is 1. The fraction of sp³-hybridized carbons (Fsp3) is 0.526. The minimum atomic E-state index is -0.802. The molecule has 4 rings (SSSR count). The molecule has 2 heterocycles. The zero-order chi connectivity index (χ0) is 17.2. The third-order valence-corrected chi connectivity index (χ3v) is 4.93. The molecule has 2 aromatic rings. The van der Waals surface area contributed by atoms with Gasteiger partial charge in [-0.3, -0.25) is 9.58 Å². The number of hydrogen-bond donors (Lipinski definition) is 0. The minimum Gasteiger partial charge on any atom is -0.381 e. The molecule has 1 atom stereocenters. The van der Waals surface area contributed by atoms with Crippen molar-refractivity contribution in [3.8, 4) is 0 Å². The highest BCUT2D eigenvalue weighted by molar-refractivity contribution is 5.18. The van der Waals surface area contributed by atoms with Crippen molar-refractivity contribution < 1.29 is 13.5 Å². The summed E-state index contributed by atoms with van der Waals surface area (Å²) < 4.78 is 34.6. The molecule has 0 radical (unpaired) electrons. The summed E-state index contributed by atoms with van der Waals surface area (Å²) in [4.78, 5) is 2.26. The van der Waals surface area contributed by atoms with Gasteiger partial charge >= 0.3 is 0 Å². The van der Waals surface area contributed by atoms with Gasteiger partial charge in [-0.2, -0.15) is 5.10 Å². The zero-order valence-electron chi connectivity index (χ0n) is 14.2. The number of aromatic nitrogens is 2. The van der Waals surface area contributed by atoms with Crippen LogP contribution in [0.1, 0.15) is 24.1 Å². The van der Waals surface area contributed by atoms with Gasteiger partial charge in [-0.05, 0) is 42.5 Å². The van der Waals surface area contributed by atoms with E-state index in [2.05, 4.69) is 10.00 Å². The highest BCUT2D eigenvalue weighted by Crippen LogP contribution is 2.29. The van der Waals surface area contributed by atoms with Crippen LogP contribution >= 0.6 is 0 Å². The van der Waals surface area contributed by atoms with Crippen LogP contribution in [-0.4, -0.2) is 34.4 Å². The Hall–Kier alpha value is -1.79. The maximum absolute atomic E-state index is 13.5. The van der Waals surface area contributed by atoms with E-state index in [1.165, 1.54) is 25.0 Å². The Morgan fingerprint density at radius 3 is 2.68 bits per heavy atom. The first-order valence-corrected chi connectivity index (χ1v) is 8.92. The van der Waals surface area contributed by atoms with Gasteiger partial charge in [0, 0.05) is 44.9 Å². The summed E-state index contributed by atoms with van der Waals surface area (Å²) in [7, 11) is 0. The fourth-order valence-electron chi connectivity index (χ4n) is 3.43. The van der Waals surface area contributed by atoms with Crippen LogP contribution in [0.5, 0.6) is 0 Å². The first-order valence-electron chi connectivity index (χ1n) is 8.92. The monoisotopic (exact) mass is 347 g/mol. The summed E-state index contributed by atoms with van der Waals surface area (Å²) in [6.07, 6.45) is 4.39. The van der Waals surface area contributed by atoms with Gasteiger partial charge in [0.05, 0.1) is 12.3 Å². The molecule has 1 aromatic heterocycles. The first kappa shape index (κ1) is 16.7. The number of benzene rings is 1. The fourth-order valence-corrected chi connectivity index (χ4v) is 3.43. The van der Waals surface area contributed by atoms with Gasteiger partial charge in [-0.25, -0.2) is 8.78 Å². The Morgan fingerprint density at radius 1 is 1.04 bits per heavy atom. The molecule has 1 fully saturated rings. The summed E-state index contributed by atoms with van der Waals surface area (Å²) in [5, 5.41) is 4.41. The Labute approximate surface area is 146 Å². The van der Waals surface area contributed by atoms with Crippen molar-refractivity contribution >= 4 is 0 Å². The number of hydrogen-bond acceptors (Lipinski definition) is 3. The summed E-state index contributed by atoms with van der Waals surface area (Å²) in [5.41, 5.74) is 1.93. The van der Waals surface area contributed by atoms with Gasteiger partial charge in [-0.1, -0.05) is 6.07 Å². The van der Waals surface area contributed by atoms with Crippen LogP contribution in [0.4, 0.5) is 8.78 Å². The van der Waals surface area contributed by atoms with Crippen LogP contribution in [0.3, 0.4) is 0 Å². The topological polar surface area (TPSA) is 30.3 Å². The van der Waals surface area contributed by atoms with E-state index < -0.39 is 11.6 Å². The van der Waals surface area contributed by atoms with Crippen molar-refractivity contribution in [3.05, 3.63) is 53.4 Å². The van der Waals surface area contributed by atoms with Crippen molar-refractivity contribution in [1.29, 1.82) is 0 Å². The highest BCUT2D eigenvalue weighted by atomic mass is 19.2. The maximum atomic E-state index is 13.5. The second-order valence-corrected chi connectivity index (χ2v) is 7.27. The van der Waals surface area contributed by atoms with E-state index in [-0.39, 0.29) is 0 Å².